The normalized spacial score (nSPS) is 0. The Bertz CT molecular complexity index is 6.00. The third kappa shape index (κ3) is 8.88. The Hall–Kier alpha value is 2.98. The zero-order valence-corrected chi connectivity index (χ0v) is 8.51. The van der Waals surface area contributed by atoms with Crippen LogP contribution in [0.2, 0.25) is 0 Å². The summed E-state index contributed by atoms with van der Waals surface area (Å²) in [5.41, 5.74) is 0. The van der Waals surface area contributed by atoms with E-state index in [0.29, 0.717) is 0 Å². The minimum absolute atomic E-state index is 0. The van der Waals surface area contributed by atoms with Gasteiger partial charge in [0.2, 0.25) is 0 Å². The van der Waals surface area contributed by atoms with Crippen LogP contribution in [0.25, 0.3) is 0 Å². The zero-order chi connectivity index (χ0) is 0. The fourth-order valence-electron chi connectivity index (χ4n) is 0. The summed E-state index contributed by atoms with van der Waals surface area (Å²) in [5.74, 6) is 0. The summed E-state index contributed by atoms with van der Waals surface area (Å²) in [4.78, 5) is 0. The van der Waals surface area contributed by atoms with E-state index in [-0.39, 0.29) is 99.3 Å². The van der Waals surface area contributed by atoms with E-state index in [1.165, 1.54) is 0 Å². The van der Waals surface area contributed by atoms with Gasteiger partial charge in [-0.25, -0.2) is 0 Å². The quantitative estimate of drug-likeness (QED) is 0.289. The van der Waals surface area contributed by atoms with E-state index in [4.69, 9.17) is 0 Å². The number of hydrogen-bond donors (Lipinski definition) is 0. The molecule has 0 N–H and O–H groups in total. The number of rotatable bonds is 0. The average molecular weight is 134 g/mol. The Morgan fingerprint density at radius 2 is 0.750 bits per heavy atom. The van der Waals surface area contributed by atoms with E-state index >= 15 is 0 Å². The predicted molar refractivity (Wildman–Crippen MR) is 5.75 cm³/mol. The second-order valence-corrected chi connectivity index (χ2v) is 0. The van der Waals surface area contributed by atoms with Crippen LogP contribution < -0.4 is 76.2 Å². The van der Waals surface area contributed by atoms with Gasteiger partial charge < -0.3 is 24.8 Å². The van der Waals surface area contributed by atoms with Crippen molar-refractivity contribution in [1.29, 1.82) is 0 Å². The van der Waals surface area contributed by atoms with Crippen molar-refractivity contribution in [3.8, 4) is 0 Å². The molecule has 4 heavy (non-hydrogen) atoms. The van der Waals surface area contributed by atoms with Crippen LogP contribution in [0.3, 0.4) is 0 Å². The smallest absolute Gasteiger partial charge is 1.00 e. The Balaban J connectivity index is 0. The Labute approximate surface area is 96.9 Å². The van der Waals surface area contributed by atoms with E-state index in [9.17, 15) is 0 Å². The van der Waals surface area contributed by atoms with Gasteiger partial charge in [-0.2, -0.15) is 0 Å². The molecule has 0 amide bonds. The van der Waals surface area contributed by atoms with Gasteiger partial charge in [-0.05, 0) is 0 Å². The van der Waals surface area contributed by atoms with E-state index in [1.54, 1.807) is 0 Å². The van der Waals surface area contributed by atoms with Crippen molar-refractivity contribution in [2.24, 2.45) is 0 Å². The molecule has 0 bridgehead atoms. The van der Waals surface area contributed by atoms with Crippen LogP contribution in [-0.2, 0) is 0 Å². The standard InChI is InChI=1S/2ClH.K.Mg/h2*1H;;/q;;+1;+2/p-2. The van der Waals surface area contributed by atoms with E-state index < -0.39 is 0 Å². The molecule has 0 rings (SSSR count). The van der Waals surface area contributed by atoms with Crippen LogP contribution in [0.15, 0.2) is 0 Å². The molecule has 16 valence electrons. The first-order valence-electron chi connectivity index (χ1n) is 0. The third-order valence-electron chi connectivity index (χ3n) is 0. The van der Waals surface area contributed by atoms with Gasteiger partial charge in [-0.1, -0.05) is 0 Å². The van der Waals surface area contributed by atoms with Crippen molar-refractivity contribution in [3.05, 3.63) is 0 Å². The van der Waals surface area contributed by atoms with Crippen molar-refractivity contribution in [1.82, 2.24) is 0 Å². The SMILES string of the molecule is [Cl-].[Cl-].[K+].[Mg+2]. The van der Waals surface area contributed by atoms with Gasteiger partial charge in [0.15, 0.2) is 0 Å². The molecule has 0 radical (unpaired) electrons. The van der Waals surface area contributed by atoms with Crippen molar-refractivity contribution in [2.45, 2.75) is 0 Å². The van der Waals surface area contributed by atoms with Gasteiger partial charge in [0.1, 0.15) is 0 Å². The largest absolute Gasteiger partial charge is 2.00 e. The van der Waals surface area contributed by atoms with E-state index in [0.717, 1.165) is 0 Å². The second kappa shape index (κ2) is 16.7. The Kier molecular flexibility index (Phi) is 117. The molecule has 0 aliphatic heterocycles. The molecule has 0 aliphatic carbocycles. The summed E-state index contributed by atoms with van der Waals surface area (Å²) < 4.78 is 0. The first-order valence-corrected chi connectivity index (χ1v) is 0. The van der Waals surface area contributed by atoms with Gasteiger partial charge in [0.05, 0.1) is 0 Å². The van der Waals surface area contributed by atoms with Gasteiger partial charge in [-0.15, -0.1) is 0 Å². The molecule has 0 heterocycles. The first kappa shape index (κ1) is 28.1. The van der Waals surface area contributed by atoms with Crippen LogP contribution in [0.4, 0.5) is 0 Å². The Morgan fingerprint density at radius 3 is 0.750 bits per heavy atom. The fourth-order valence-corrected chi connectivity index (χ4v) is 0. The van der Waals surface area contributed by atoms with Gasteiger partial charge in [0, 0.05) is 0 Å². The molecule has 4 heteroatoms. The first-order chi connectivity index (χ1) is 0. The summed E-state index contributed by atoms with van der Waals surface area (Å²) in [6.45, 7) is 0. The summed E-state index contributed by atoms with van der Waals surface area (Å²) >= 11 is 0. The summed E-state index contributed by atoms with van der Waals surface area (Å²) in [6, 6.07) is 0. The van der Waals surface area contributed by atoms with Crippen molar-refractivity contribution >= 4 is 23.1 Å². The van der Waals surface area contributed by atoms with Gasteiger partial charge in [0.25, 0.3) is 0 Å². The molecule has 0 saturated heterocycles. The number of hydrogen-bond acceptors (Lipinski definition) is 0. The fraction of sp³-hybridized carbons (Fsp3) is 0. The van der Waals surface area contributed by atoms with Gasteiger partial charge in [-0.3, -0.25) is 0 Å². The minimum Gasteiger partial charge on any atom is -1.00 e. The molecule has 0 nitrogen and oxygen atoms in total. The van der Waals surface area contributed by atoms with Crippen molar-refractivity contribution < 1.29 is 76.2 Å². The average Bonchev–Trinajstić information content (AvgIpc) is 0. The van der Waals surface area contributed by atoms with Gasteiger partial charge >= 0.3 is 74.4 Å². The molecule has 0 fully saturated rings. The summed E-state index contributed by atoms with van der Waals surface area (Å²) in [7, 11) is 0. The molecule has 0 aromatic heterocycles. The molecule has 0 aromatic carbocycles. The molecular weight excluding hydrogens is 134 g/mol. The Morgan fingerprint density at radius 1 is 0.750 bits per heavy atom. The van der Waals surface area contributed by atoms with Crippen LogP contribution in [0.5, 0.6) is 0 Å². The molecule has 0 spiro atoms. The maximum absolute atomic E-state index is 0. The zero-order valence-electron chi connectivity index (χ0n) is 2.46. The van der Waals surface area contributed by atoms with Crippen LogP contribution in [0, 0.1) is 0 Å². The maximum atomic E-state index is 0. The monoisotopic (exact) mass is 133 g/mol. The predicted octanol–water partition coefficient (Wildman–Crippen LogP) is -9.37. The topological polar surface area (TPSA) is 0 Å². The molecule has 0 saturated carbocycles. The summed E-state index contributed by atoms with van der Waals surface area (Å²) in [5, 5.41) is 0. The molecule has 0 aromatic rings. The number of halogens is 2. The van der Waals surface area contributed by atoms with E-state index in [2.05, 4.69) is 0 Å². The van der Waals surface area contributed by atoms with Crippen LogP contribution >= 0.6 is 0 Å². The summed E-state index contributed by atoms with van der Waals surface area (Å²) in [6.07, 6.45) is 0. The maximum Gasteiger partial charge on any atom is 2.00 e. The van der Waals surface area contributed by atoms with Crippen LogP contribution in [-0.4, -0.2) is 23.1 Å². The molecule has 0 atom stereocenters. The van der Waals surface area contributed by atoms with Crippen molar-refractivity contribution in [2.75, 3.05) is 0 Å². The molecular formula is Cl2KMg+. The molecule has 0 aliphatic rings. The third-order valence-corrected chi connectivity index (χ3v) is 0. The van der Waals surface area contributed by atoms with Crippen molar-refractivity contribution in [3.63, 3.8) is 0 Å². The second-order valence-electron chi connectivity index (χ2n) is 0. The molecule has 0 unspecified atom stereocenters. The minimum atomic E-state index is 0. The van der Waals surface area contributed by atoms with E-state index in [1.807, 2.05) is 0 Å². The van der Waals surface area contributed by atoms with Crippen LogP contribution in [0.1, 0.15) is 0 Å².